The molecule has 1 aromatic heterocycles. The van der Waals surface area contributed by atoms with Gasteiger partial charge in [-0.2, -0.15) is 4.98 Å². The molecule has 0 aromatic carbocycles. The van der Waals surface area contributed by atoms with E-state index in [4.69, 9.17) is 4.52 Å². The molecule has 7 nitrogen and oxygen atoms in total. The predicted molar refractivity (Wildman–Crippen MR) is 103 cm³/mol. The topological polar surface area (TPSA) is 74.5 Å². The number of carbonyl (C=O) groups is 1. The van der Waals surface area contributed by atoms with Gasteiger partial charge in [-0.1, -0.05) is 5.16 Å². The van der Waals surface area contributed by atoms with E-state index >= 15 is 0 Å². The number of rotatable bonds is 3. The minimum absolute atomic E-state index is 0. The summed E-state index contributed by atoms with van der Waals surface area (Å²) in [5.41, 5.74) is 0.327. The van der Waals surface area contributed by atoms with Gasteiger partial charge < -0.3 is 14.7 Å². The highest BCUT2D eigenvalue weighted by atomic mass is 35.5. The van der Waals surface area contributed by atoms with Crippen LogP contribution in [0.4, 0.5) is 0 Å². The third-order valence-electron chi connectivity index (χ3n) is 6.16. The number of aryl methyl sites for hydroxylation is 1. The van der Waals surface area contributed by atoms with E-state index in [9.17, 15) is 4.79 Å². The van der Waals surface area contributed by atoms with Gasteiger partial charge in [0.2, 0.25) is 11.8 Å². The molecule has 2 aliphatic heterocycles. The monoisotopic (exact) mass is 405 g/mol. The van der Waals surface area contributed by atoms with Gasteiger partial charge in [0.15, 0.2) is 5.82 Å². The Labute approximate surface area is 167 Å². The lowest BCUT2D eigenvalue weighted by molar-refractivity contribution is -0.135. The zero-order valence-electron chi connectivity index (χ0n) is 15.4. The summed E-state index contributed by atoms with van der Waals surface area (Å²) in [4.78, 5) is 21.6. The molecule has 0 bridgehead atoms. The third kappa shape index (κ3) is 4.01. The maximum atomic E-state index is 12.8. The molecule has 1 spiro atoms. The first-order valence-corrected chi connectivity index (χ1v) is 9.13. The molecule has 3 fully saturated rings. The molecule has 0 radical (unpaired) electrons. The summed E-state index contributed by atoms with van der Waals surface area (Å²) < 4.78 is 5.29. The fourth-order valence-electron chi connectivity index (χ4n) is 4.36. The number of nitrogens with one attached hydrogen (secondary N) is 1. The van der Waals surface area contributed by atoms with Gasteiger partial charge in [0, 0.05) is 32.1 Å². The maximum Gasteiger partial charge on any atom is 0.243 e. The quantitative estimate of drug-likeness (QED) is 0.826. The first-order valence-electron chi connectivity index (χ1n) is 9.13. The van der Waals surface area contributed by atoms with Crippen molar-refractivity contribution in [3.8, 4) is 0 Å². The number of amides is 1. The second-order valence-electron chi connectivity index (χ2n) is 7.59. The molecule has 1 aliphatic carbocycles. The molecule has 2 atom stereocenters. The first-order chi connectivity index (χ1) is 11.6. The Morgan fingerprint density at radius 2 is 1.88 bits per heavy atom. The molecule has 2 unspecified atom stereocenters. The van der Waals surface area contributed by atoms with Crippen molar-refractivity contribution in [3.05, 3.63) is 11.7 Å². The van der Waals surface area contributed by atoms with Gasteiger partial charge in [-0.15, -0.1) is 24.8 Å². The van der Waals surface area contributed by atoms with Crippen LogP contribution in [-0.4, -0.2) is 65.1 Å². The van der Waals surface area contributed by atoms with Crippen molar-refractivity contribution in [3.63, 3.8) is 0 Å². The van der Waals surface area contributed by atoms with Crippen LogP contribution in [0, 0.1) is 18.3 Å². The predicted octanol–water partition coefficient (Wildman–Crippen LogP) is 1.82. The van der Waals surface area contributed by atoms with Crippen molar-refractivity contribution in [1.29, 1.82) is 0 Å². The van der Waals surface area contributed by atoms with Crippen LogP contribution in [0.2, 0.25) is 0 Å². The van der Waals surface area contributed by atoms with Crippen LogP contribution >= 0.6 is 24.8 Å². The molecule has 3 heterocycles. The molecular formula is C17H29Cl2N5O2. The summed E-state index contributed by atoms with van der Waals surface area (Å²) in [5.74, 6) is 2.01. The van der Waals surface area contributed by atoms with E-state index in [0.717, 1.165) is 58.5 Å². The molecule has 26 heavy (non-hydrogen) atoms. The van der Waals surface area contributed by atoms with Crippen molar-refractivity contribution < 1.29 is 9.32 Å². The zero-order valence-corrected chi connectivity index (χ0v) is 17.1. The SMILES string of the molecule is Cc1noc(C(C)N2CCN(C(=O)C3CC34CCNCC4)CC2)n1.Cl.Cl. The van der Waals surface area contributed by atoms with Gasteiger partial charge in [0.1, 0.15) is 0 Å². The Kier molecular flexibility index (Phi) is 6.93. The Bertz CT molecular complexity index is 612. The largest absolute Gasteiger partial charge is 0.340 e. The van der Waals surface area contributed by atoms with Gasteiger partial charge in [-0.05, 0) is 51.6 Å². The third-order valence-corrected chi connectivity index (χ3v) is 6.16. The summed E-state index contributed by atoms with van der Waals surface area (Å²) in [6.07, 6.45) is 3.43. The average molecular weight is 406 g/mol. The fraction of sp³-hybridized carbons (Fsp3) is 0.824. The smallest absolute Gasteiger partial charge is 0.243 e. The van der Waals surface area contributed by atoms with Gasteiger partial charge in [0.05, 0.1) is 6.04 Å². The highest BCUT2D eigenvalue weighted by Crippen LogP contribution is 2.59. The molecule has 3 aliphatic rings. The molecule has 1 N–H and O–H groups in total. The average Bonchev–Trinajstić information content (AvgIpc) is 3.11. The highest BCUT2D eigenvalue weighted by molar-refractivity contribution is 5.85. The number of aromatic nitrogens is 2. The fourth-order valence-corrected chi connectivity index (χ4v) is 4.36. The second kappa shape index (κ2) is 8.42. The number of hydrogen-bond acceptors (Lipinski definition) is 6. The highest BCUT2D eigenvalue weighted by Gasteiger charge is 2.58. The minimum Gasteiger partial charge on any atom is -0.340 e. The van der Waals surface area contributed by atoms with E-state index in [1.54, 1.807) is 0 Å². The lowest BCUT2D eigenvalue weighted by atomic mass is 9.91. The van der Waals surface area contributed by atoms with Crippen molar-refractivity contribution in [2.24, 2.45) is 11.3 Å². The summed E-state index contributed by atoms with van der Waals surface area (Å²) in [7, 11) is 0. The van der Waals surface area contributed by atoms with E-state index in [2.05, 4.69) is 32.2 Å². The Morgan fingerprint density at radius 3 is 2.46 bits per heavy atom. The first kappa shape index (κ1) is 21.4. The number of piperidine rings is 1. The summed E-state index contributed by atoms with van der Waals surface area (Å²) in [6.45, 7) is 9.42. The van der Waals surface area contributed by atoms with E-state index in [1.807, 2.05) is 6.92 Å². The van der Waals surface area contributed by atoms with Gasteiger partial charge in [-0.25, -0.2) is 0 Å². The van der Waals surface area contributed by atoms with Crippen LogP contribution < -0.4 is 5.32 Å². The molecular weight excluding hydrogens is 377 g/mol. The molecule has 1 amide bonds. The number of piperazine rings is 1. The summed E-state index contributed by atoms with van der Waals surface area (Å²) in [6, 6.07) is 0.111. The standard InChI is InChI=1S/C17H27N5O2.2ClH/c1-12(15-19-13(2)20-24-15)21-7-9-22(10-8-21)16(23)14-11-17(14)3-5-18-6-4-17;;/h12,14,18H,3-11H2,1-2H3;2*1H. The Hall–Kier alpha value is -0.890. The lowest BCUT2D eigenvalue weighted by Gasteiger charge is -2.37. The zero-order chi connectivity index (χ0) is 16.7. The van der Waals surface area contributed by atoms with Crippen LogP contribution in [0.25, 0.3) is 0 Å². The number of hydrogen-bond donors (Lipinski definition) is 1. The number of nitrogens with zero attached hydrogens (tertiary/aromatic N) is 4. The van der Waals surface area contributed by atoms with Crippen LogP contribution in [0.3, 0.4) is 0 Å². The van der Waals surface area contributed by atoms with E-state index < -0.39 is 0 Å². The second-order valence-corrected chi connectivity index (χ2v) is 7.59. The molecule has 1 saturated carbocycles. The van der Waals surface area contributed by atoms with E-state index in [0.29, 0.717) is 23.0 Å². The van der Waals surface area contributed by atoms with Crippen molar-refractivity contribution in [2.75, 3.05) is 39.3 Å². The Morgan fingerprint density at radius 1 is 1.23 bits per heavy atom. The van der Waals surface area contributed by atoms with Gasteiger partial charge in [-0.3, -0.25) is 9.69 Å². The number of halogens is 2. The van der Waals surface area contributed by atoms with Crippen molar-refractivity contribution in [2.45, 2.75) is 39.2 Å². The van der Waals surface area contributed by atoms with E-state index in [-0.39, 0.29) is 36.8 Å². The molecule has 2 saturated heterocycles. The maximum absolute atomic E-state index is 12.8. The minimum atomic E-state index is 0. The van der Waals surface area contributed by atoms with Gasteiger partial charge >= 0.3 is 0 Å². The molecule has 1 aromatic rings. The van der Waals surface area contributed by atoms with Gasteiger partial charge in [0.25, 0.3) is 0 Å². The summed E-state index contributed by atoms with van der Waals surface area (Å²) >= 11 is 0. The van der Waals surface area contributed by atoms with Crippen LogP contribution in [0.15, 0.2) is 4.52 Å². The van der Waals surface area contributed by atoms with Crippen LogP contribution in [-0.2, 0) is 4.79 Å². The molecule has 148 valence electrons. The van der Waals surface area contributed by atoms with Crippen molar-refractivity contribution in [1.82, 2.24) is 25.3 Å². The molecule has 9 heteroatoms. The molecule has 4 rings (SSSR count). The number of carbonyl (C=O) groups excluding carboxylic acids is 1. The van der Waals surface area contributed by atoms with Crippen LogP contribution in [0.5, 0.6) is 0 Å². The van der Waals surface area contributed by atoms with Crippen LogP contribution in [0.1, 0.15) is 43.9 Å². The summed E-state index contributed by atoms with van der Waals surface area (Å²) in [5, 5.41) is 7.28. The Balaban J connectivity index is 0.00000121. The normalized spacial score (nSPS) is 25.9. The lowest BCUT2D eigenvalue weighted by Crippen LogP contribution is -2.50. The van der Waals surface area contributed by atoms with E-state index in [1.165, 1.54) is 0 Å². The van der Waals surface area contributed by atoms with Crippen molar-refractivity contribution >= 4 is 30.7 Å².